The summed E-state index contributed by atoms with van der Waals surface area (Å²) in [5.41, 5.74) is -0.787. The first-order valence-electron chi connectivity index (χ1n) is 9.02. The second-order valence-corrected chi connectivity index (χ2v) is 7.76. The van der Waals surface area contributed by atoms with E-state index in [-0.39, 0.29) is 35.6 Å². The van der Waals surface area contributed by atoms with Crippen molar-refractivity contribution in [2.75, 3.05) is 27.2 Å². The van der Waals surface area contributed by atoms with Crippen LogP contribution in [0.15, 0.2) is 4.99 Å². The van der Waals surface area contributed by atoms with Crippen molar-refractivity contribution in [1.82, 2.24) is 16.0 Å². The van der Waals surface area contributed by atoms with Gasteiger partial charge in [-0.1, -0.05) is 19.8 Å². The summed E-state index contributed by atoms with van der Waals surface area (Å²) in [7, 11) is 3.42. The van der Waals surface area contributed by atoms with E-state index in [1.165, 1.54) is 0 Å². The quantitative estimate of drug-likeness (QED) is 0.265. The Hall–Kier alpha value is -0.770. The predicted octanol–water partition coefficient (Wildman–Crippen LogP) is 3.28. The van der Waals surface area contributed by atoms with E-state index < -0.39 is 11.7 Å². The molecule has 0 aromatic rings. The number of nitrogens with zero attached hydrogens (tertiary/aromatic N) is 1. The van der Waals surface area contributed by atoms with Gasteiger partial charge in [-0.15, -0.1) is 24.0 Å². The number of halogens is 1. The third kappa shape index (κ3) is 14.4. The third-order valence-electron chi connectivity index (χ3n) is 3.60. The summed E-state index contributed by atoms with van der Waals surface area (Å²) >= 11 is 0. The molecular formula is C18H39IN4O3. The van der Waals surface area contributed by atoms with E-state index in [9.17, 15) is 4.79 Å². The summed E-state index contributed by atoms with van der Waals surface area (Å²) in [6, 6.07) is 0.0734. The van der Waals surface area contributed by atoms with Crippen molar-refractivity contribution in [2.45, 2.75) is 78.0 Å². The molecule has 0 aromatic heterocycles. The van der Waals surface area contributed by atoms with Gasteiger partial charge in [0.2, 0.25) is 0 Å². The SMILES string of the molecule is CCCCC(CNC(=O)OC(C)(C)C)NC(=NC)NCC(C)(C)OC.I. The van der Waals surface area contributed by atoms with Crippen LogP contribution in [0.25, 0.3) is 0 Å². The zero-order chi connectivity index (χ0) is 19.5. The summed E-state index contributed by atoms with van der Waals surface area (Å²) in [4.78, 5) is 16.1. The van der Waals surface area contributed by atoms with Crippen molar-refractivity contribution in [3.63, 3.8) is 0 Å². The van der Waals surface area contributed by atoms with Gasteiger partial charge in [-0.05, 0) is 41.0 Å². The Morgan fingerprint density at radius 3 is 2.23 bits per heavy atom. The number of rotatable bonds is 9. The van der Waals surface area contributed by atoms with Gasteiger partial charge >= 0.3 is 6.09 Å². The Balaban J connectivity index is 0. The van der Waals surface area contributed by atoms with Gasteiger partial charge in [-0.3, -0.25) is 4.99 Å². The molecule has 0 radical (unpaired) electrons. The van der Waals surface area contributed by atoms with Crippen LogP contribution in [0.1, 0.15) is 60.8 Å². The molecule has 3 N–H and O–H groups in total. The van der Waals surface area contributed by atoms with Crippen molar-refractivity contribution >= 4 is 36.0 Å². The fraction of sp³-hybridized carbons (Fsp3) is 0.889. The summed E-state index contributed by atoms with van der Waals surface area (Å²) in [6.45, 7) is 12.8. The highest BCUT2D eigenvalue weighted by molar-refractivity contribution is 14.0. The molecule has 1 unspecified atom stereocenters. The number of ether oxygens (including phenoxy) is 2. The number of carbonyl (C=O) groups is 1. The molecule has 1 amide bonds. The molecular weight excluding hydrogens is 447 g/mol. The number of methoxy groups -OCH3 is 1. The highest BCUT2D eigenvalue weighted by atomic mass is 127. The number of unbranched alkanes of at least 4 members (excludes halogenated alkanes) is 1. The molecule has 0 saturated carbocycles. The largest absolute Gasteiger partial charge is 0.444 e. The van der Waals surface area contributed by atoms with Crippen molar-refractivity contribution in [3.8, 4) is 0 Å². The van der Waals surface area contributed by atoms with Crippen LogP contribution in [-0.2, 0) is 9.47 Å². The Morgan fingerprint density at radius 1 is 1.15 bits per heavy atom. The van der Waals surface area contributed by atoms with Crippen LogP contribution in [-0.4, -0.2) is 56.5 Å². The topological polar surface area (TPSA) is 84.0 Å². The van der Waals surface area contributed by atoms with E-state index in [2.05, 4.69) is 27.9 Å². The van der Waals surface area contributed by atoms with E-state index in [1.54, 1.807) is 14.2 Å². The van der Waals surface area contributed by atoms with E-state index in [4.69, 9.17) is 9.47 Å². The summed E-state index contributed by atoms with van der Waals surface area (Å²) in [5, 5.41) is 9.46. The zero-order valence-electron chi connectivity index (χ0n) is 17.7. The number of hydrogen-bond acceptors (Lipinski definition) is 4. The number of alkyl carbamates (subject to hydrolysis) is 1. The number of aliphatic imine (C=N–C) groups is 1. The van der Waals surface area contributed by atoms with Crippen LogP contribution in [0.3, 0.4) is 0 Å². The molecule has 0 aliphatic heterocycles. The number of nitrogens with one attached hydrogen (secondary N) is 3. The monoisotopic (exact) mass is 486 g/mol. The minimum atomic E-state index is -0.500. The van der Waals surface area contributed by atoms with Crippen LogP contribution in [0.5, 0.6) is 0 Å². The van der Waals surface area contributed by atoms with Gasteiger partial charge < -0.3 is 25.4 Å². The number of amides is 1. The fourth-order valence-electron chi connectivity index (χ4n) is 1.95. The van der Waals surface area contributed by atoms with Gasteiger partial charge in [0, 0.05) is 33.3 Å². The molecule has 1 atom stereocenters. The smallest absolute Gasteiger partial charge is 0.407 e. The molecule has 0 heterocycles. The normalized spacial score (nSPS) is 13.5. The average Bonchev–Trinajstić information content (AvgIpc) is 2.51. The minimum Gasteiger partial charge on any atom is -0.444 e. The van der Waals surface area contributed by atoms with E-state index in [0.717, 1.165) is 19.3 Å². The zero-order valence-corrected chi connectivity index (χ0v) is 20.0. The van der Waals surface area contributed by atoms with Crippen molar-refractivity contribution < 1.29 is 14.3 Å². The maximum absolute atomic E-state index is 11.9. The lowest BCUT2D eigenvalue weighted by Gasteiger charge is -2.27. The van der Waals surface area contributed by atoms with Crippen LogP contribution in [0, 0.1) is 0 Å². The number of carbonyl (C=O) groups excluding carboxylic acids is 1. The maximum atomic E-state index is 11.9. The molecule has 0 fully saturated rings. The van der Waals surface area contributed by atoms with Crippen LogP contribution >= 0.6 is 24.0 Å². The lowest BCUT2D eigenvalue weighted by atomic mass is 10.1. The molecule has 0 saturated heterocycles. The molecule has 0 rings (SSSR count). The second-order valence-electron chi connectivity index (χ2n) is 7.76. The predicted molar refractivity (Wildman–Crippen MR) is 119 cm³/mol. The Bertz CT molecular complexity index is 423. The van der Waals surface area contributed by atoms with Crippen molar-refractivity contribution in [3.05, 3.63) is 0 Å². The van der Waals surface area contributed by atoms with Crippen molar-refractivity contribution in [1.29, 1.82) is 0 Å². The van der Waals surface area contributed by atoms with Crippen molar-refractivity contribution in [2.24, 2.45) is 4.99 Å². The highest BCUT2D eigenvalue weighted by Crippen LogP contribution is 2.07. The van der Waals surface area contributed by atoms with Crippen LogP contribution in [0.4, 0.5) is 4.79 Å². The standard InChI is InChI=1S/C18H38N4O3.HI/c1-9-10-11-14(12-20-16(23)25-17(2,3)4)22-15(19-7)21-13-18(5,6)24-8;/h14H,9-13H2,1-8H3,(H,20,23)(H2,19,21,22);1H. The van der Waals surface area contributed by atoms with E-state index >= 15 is 0 Å². The van der Waals surface area contributed by atoms with Gasteiger partial charge in [-0.2, -0.15) is 0 Å². The maximum Gasteiger partial charge on any atom is 0.407 e. The Morgan fingerprint density at radius 2 is 1.77 bits per heavy atom. The second kappa shape index (κ2) is 13.4. The molecule has 156 valence electrons. The summed E-state index contributed by atoms with van der Waals surface area (Å²) in [6.07, 6.45) is 2.68. The van der Waals surface area contributed by atoms with Gasteiger partial charge in [0.1, 0.15) is 5.60 Å². The van der Waals surface area contributed by atoms with Crippen LogP contribution in [0.2, 0.25) is 0 Å². The highest BCUT2D eigenvalue weighted by Gasteiger charge is 2.19. The first-order chi connectivity index (χ1) is 11.5. The van der Waals surface area contributed by atoms with Gasteiger partial charge in [-0.25, -0.2) is 4.79 Å². The fourth-order valence-corrected chi connectivity index (χ4v) is 1.95. The lowest BCUT2D eigenvalue weighted by molar-refractivity contribution is 0.0268. The van der Waals surface area contributed by atoms with Gasteiger partial charge in [0.05, 0.1) is 5.60 Å². The first kappa shape index (κ1) is 27.4. The van der Waals surface area contributed by atoms with E-state index in [0.29, 0.717) is 19.0 Å². The molecule has 0 aromatic carbocycles. The number of hydrogen-bond donors (Lipinski definition) is 3. The minimum absolute atomic E-state index is 0. The Labute approximate surface area is 176 Å². The molecule has 0 aliphatic carbocycles. The number of guanidine groups is 1. The first-order valence-corrected chi connectivity index (χ1v) is 9.02. The molecule has 0 bridgehead atoms. The van der Waals surface area contributed by atoms with Gasteiger partial charge in [0.15, 0.2) is 5.96 Å². The van der Waals surface area contributed by atoms with Gasteiger partial charge in [0.25, 0.3) is 0 Å². The average molecular weight is 486 g/mol. The molecule has 0 aliphatic rings. The summed E-state index contributed by atoms with van der Waals surface area (Å²) < 4.78 is 10.7. The Kier molecular flexibility index (Phi) is 14.2. The summed E-state index contributed by atoms with van der Waals surface area (Å²) in [5.74, 6) is 0.692. The lowest BCUT2D eigenvalue weighted by Crippen LogP contribution is -2.51. The molecule has 0 spiro atoms. The third-order valence-corrected chi connectivity index (χ3v) is 3.60. The molecule has 7 nitrogen and oxygen atoms in total. The van der Waals surface area contributed by atoms with E-state index in [1.807, 2.05) is 34.6 Å². The van der Waals surface area contributed by atoms with Crippen LogP contribution < -0.4 is 16.0 Å². The molecule has 26 heavy (non-hydrogen) atoms. The molecule has 8 heteroatoms.